The van der Waals surface area contributed by atoms with Crippen LogP contribution in [0.25, 0.3) is 0 Å². The van der Waals surface area contributed by atoms with Gasteiger partial charge in [0, 0.05) is 12.5 Å². The number of hydrogen-bond donors (Lipinski definition) is 1. The third-order valence-corrected chi connectivity index (χ3v) is 12.1. The Labute approximate surface area is 214 Å². The van der Waals surface area contributed by atoms with Crippen LogP contribution in [0.3, 0.4) is 0 Å². The summed E-state index contributed by atoms with van der Waals surface area (Å²) in [5.41, 5.74) is 0.814. The normalized spacial score (nSPS) is 20.2. The summed E-state index contributed by atoms with van der Waals surface area (Å²) in [4.78, 5) is 24.4. The van der Waals surface area contributed by atoms with Gasteiger partial charge in [0.15, 0.2) is 5.92 Å². The third kappa shape index (κ3) is 5.01. The zero-order valence-electron chi connectivity index (χ0n) is 21.1. The number of rotatable bonds is 9. The van der Waals surface area contributed by atoms with Crippen molar-refractivity contribution in [3.8, 4) is 0 Å². The Hall–Kier alpha value is -3.22. The van der Waals surface area contributed by atoms with Gasteiger partial charge in [0.25, 0.3) is 8.32 Å². The summed E-state index contributed by atoms with van der Waals surface area (Å²) in [5.74, 6) is -3.49. The molecule has 3 aromatic carbocycles. The van der Waals surface area contributed by atoms with Gasteiger partial charge in [-0.3, -0.25) is 9.59 Å². The lowest BCUT2D eigenvalue weighted by atomic mass is 9.83. The van der Waals surface area contributed by atoms with Crippen molar-refractivity contribution in [3.63, 3.8) is 0 Å². The number of benzene rings is 3. The van der Waals surface area contributed by atoms with E-state index in [0.717, 1.165) is 5.56 Å². The molecule has 188 valence electrons. The second kappa shape index (κ2) is 10.8. The van der Waals surface area contributed by atoms with Crippen molar-refractivity contribution in [1.82, 2.24) is 0 Å². The molecule has 1 N–H and O–H groups in total. The molecule has 1 heterocycles. The average molecular weight is 503 g/mol. The molecular weight excluding hydrogens is 468 g/mol. The molecule has 6 heteroatoms. The van der Waals surface area contributed by atoms with Crippen molar-refractivity contribution < 1.29 is 23.9 Å². The molecule has 1 saturated heterocycles. The van der Waals surface area contributed by atoms with E-state index >= 15 is 0 Å². The predicted molar refractivity (Wildman–Crippen MR) is 143 cm³/mol. The Kier molecular flexibility index (Phi) is 7.76. The van der Waals surface area contributed by atoms with E-state index in [0.29, 0.717) is 19.4 Å². The van der Waals surface area contributed by atoms with Gasteiger partial charge in [-0.15, -0.1) is 0 Å². The Balaban J connectivity index is 1.57. The number of hydrogen-bond acceptors (Lipinski definition) is 4. The molecular formula is C30H34O5Si. The van der Waals surface area contributed by atoms with Crippen LogP contribution in [0.1, 0.15) is 45.1 Å². The van der Waals surface area contributed by atoms with E-state index in [-0.39, 0.29) is 5.04 Å². The highest BCUT2D eigenvalue weighted by Crippen LogP contribution is 2.40. The van der Waals surface area contributed by atoms with Gasteiger partial charge < -0.3 is 14.3 Å². The second-order valence-corrected chi connectivity index (χ2v) is 14.7. The highest BCUT2D eigenvalue weighted by atomic mass is 28.4. The number of carbonyl (C=O) groups is 2. The van der Waals surface area contributed by atoms with Crippen molar-refractivity contribution in [2.75, 3.05) is 6.61 Å². The van der Waals surface area contributed by atoms with E-state index in [2.05, 4.69) is 69.3 Å². The van der Waals surface area contributed by atoms with Crippen LogP contribution in [0.2, 0.25) is 5.04 Å². The van der Waals surface area contributed by atoms with Crippen molar-refractivity contribution in [2.45, 2.75) is 50.7 Å². The summed E-state index contributed by atoms with van der Waals surface area (Å²) in [6, 6.07) is 30.3. The molecule has 0 amide bonds. The molecule has 0 radical (unpaired) electrons. The van der Waals surface area contributed by atoms with Crippen molar-refractivity contribution in [3.05, 3.63) is 96.6 Å². The van der Waals surface area contributed by atoms with Gasteiger partial charge in [0.05, 0.1) is 0 Å². The van der Waals surface area contributed by atoms with Crippen LogP contribution in [0.5, 0.6) is 0 Å². The van der Waals surface area contributed by atoms with E-state index in [1.165, 1.54) is 10.4 Å². The van der Waals surface area contributed by atoms with Crippen LogP contribution in [0, 0.1) is 5.92 Å². The van der Waals surface area contributed by atoms with Gasteiger partial charge in [0.1, 0.15) is 6.10 Å². The highest BCUT2D eigenvalue weighted by Gasteiger charge is 2.51. The predicted octanol–water partition coefficient (Wildman–Crippen LogP) is 4.75. The lowest BCUT2D eigenvalue weighted by molar-refractivity contribution is -0.153. The summed E-state index contributed by atoms with van der Waals surface area (Å²) in [6.45, 7) is 7.20. The maximum absolute atomic E-state index is 12.5. The first-order valence-electron chi connectivity index (χ1n) is 12.5. The fourth-order valence-corrected chi connectivity index (χ4v) is 10.1. The van der Waals surface area contributed by atoms with Crippen molar-refractivity contribution >= 4 is 30.6 Å². The fraction of sp³-hybridized carbons (Fsp3) is 0.333. The first-order chi connectivity index (χ1) is 17.3. The largest absolute Gasteiger partial charge is 0.481 e. The highest BCUT2D eigenvalue weighted by molar-refractivity contribution is 6.99. The molecule has 0 bridgehead atoms. The van der Waals surface area contributed by atoms with E-state index < -0.39 is 38.2 Å². The number of aliphatic carboxylic acids is 1. The smallest absolute Gasteiger partial charge is 0.321 e. The number of esters is 1. The molecule has 36 heavy (non-hydrogen) atoms. The molecule has 0 spiro atoms. The molecule has 1 fully saturated rings. The van der Waals surface area contributed by atoms with Crippen LogP contribution in [-0.4, -0.2) is 38.1 Å². The SMILES string of the molecule is CC(C)(C)[Si](OCCCC1OC(=O)C(C(=O)O)C1c1ccccc1)(c1ccccc1)c1ccccc1. The van der Waals surface area contributed by atoms with Gasteiger partial charge >= 0.3 is 11.9 Å². The zero-order chi connectivity index (χ0) is 25.8. The monoisotopic (exact) mass is 502 g/mol. The molecule has 0 aromatic heterocycles. The number of carbonyl (C=O) groups excluding carboxylic acids is 1. The minimum Gasteiger partial charge on any atom is -0.481 e. The molecule has 3 unspecified atom stereocenters. The maximum atomic E-state index is 12.5. The zero-order valence-corrected chi connectivity index (χ0v) is 22.1. The summed E-state index contributed by atoms with van der Waals surface area (Å²) in [6.07, 6.45) is 0.689. The average Bonchev–Trinajstić information content (AvgIpc) is 3.21. The van der Waals surface area contributed by atoms with Gasteiger partial charge in [-0.05, 0) is 33.8 Å². The Bertz CT molecular complexity index is 1120. The van der Waals surface area contributed by atoms with Gasteiger partial charge in [0.2, 0.25) is 0 Å². The summed E-state index contributed by atoms with van der Waals surface area (Å²) in [7, 11) is -2.65. The topological polar surface area (TPSA) is 72.8 Å². The molecule has 5 nitrogen and oxygen atoms in total. The second-order valence-electron chi connectivity index (χ2n) is 10.4. The van der Waals surface area contributed by atoms with Crippen LogP contribution in [-0.2, 0) is 18.8 Å². The van der Waals surface area contributed by atoms with Crippen LogP contribution < -0.4 is 10.4 Å². The Morgan fingerprint density at radius 2 is 1.39 bits per heavy atom. The fourth-order valence-electron chi connectivity index (χ4n) is 5.50. The minimum absolute atomic E-state index is 0.128. The van der Waals surface area contributed by atoms with E-state index in [4.69, 9.17) is 9.16 Å². The molecule has 1 aliphatic heterocycles. The molecule has 4 rings (SSSR count). The summed E-state index contributed by atoms with van der Waals surface area (Å²) < 4.78 is 12.6. The summed E-state index contributed by atoms with van der Waals surface area (Å²) in [5, 5.41) is 12.0. The first kappa shape index (κ1) is 25.9. The van der Waals surface area contributed by atoms with Gasteiger partial charge in [-0.2, -0.15) is 0 Å². The number of carboxylic acids is 1. The standard InChI is InChI=1S/C30H34O5Si/c1-30(2,3)36(23-16-9-5-10-17-23,24-18-11-6-12-19-24)34-21-13-20-25-26(22-14-7-4-8-15-22)27(28(31)32)29(33)35-25/h4-12,14-19,25-27H,13,20-21H2,1-3H3,(H,31,32). The van der Waals surface area contributed by atoms with E-state index in [1.807, 2.05) is 42.5 Å². The maximum Gasteiger partial charge on any atom is 0.321 e. The number of cyclic esters (lactones) is 1. The summed E-state index contributed by atoms with van der Waals surface area (Å²) >= 11 is 0. The van der Waals surface area contributed by atoms with E-state index in [9.17, 15) is 14.7 Å². The van der Waals surface area contributed by atoms with E-state index in [1.54, 1.807) is 0 Å². The van der Waals surface area contributed by atoms with Crippen LogP contribution in [0.15, 0.2) is 91.0 Å². The van der Waals surface area contributed by atoms with Crippen LogP contribution in [0.4, 0.5) is 0 Å². The quantitative estimate of drug-likeness (QED) is 0.198. The van der Waals surface area contributed by atoms with Gasteiger partial charge in [-0.1, -0.05) is 112 Å². The Morgan fingerprint density at radius 3 is 1.86 bits per heavy atom. The first-order valence-corrected chi connectivity index (χ1v) is 14.4. The number of ether oxygens (including phenoxy) is 1. The lowest BCUT2D eigenvalue weighted by Gasteiger charge is -2.43. The third-order valence-electron chi connectivity index (χ3n) is 7.10. The Morgan fingerprint density at radius 1 is 0.889 bits per heavy atom. The molecule has 1 aliphatic rings. The van der Waals surface area contributed by atoms with Crippen molar-refractivity contribution in [2.24, 2.45) is 5.92 Å². The number of carboxylic acid groups (broad SMARTS) is 1. The van der Waals surface area contributed by atoms with Crippen LogP contribution >= 0.6 is 0 Å². The van der Waals surface area contributed by atoms with Gasteiger partial charge in [-0.25, -0.2) is 0 Å². The lowest BCUT2D eigenvalue weighted by Crippen LogP contribution is -2.66. The minimum atomic E-state index is -2.65. The molecule has 3 atom stereocenters. The molecule has 3 aromatic rings. The molecule has 0 aliphatic carbocycles. The van der Waals surface area contributed by atoms with Crippen molar-refractivity contribution in [1.29, 1.82) is 0 Å². The molecule has 0 saturated carbocycles.